The van der Waals surface area contributed by atoms with E-state index in [4.69, 9.17) is 4.74 Å². The van der Waals surface area contributed by atoms with Crippen LogP contribution < -0.4 is 9.04 Å². The highest BCUT2D eigenvalue weighted by Crippen LogP contribution is 2.25. The van der Waals surface area contributed by atoms with Crippen LogP contribution in [0.1, 0.15) is 13.8 Å². The summed E-state index contributed by atoms with van der Waals surface area (Å²) in [5.41, 5.74) is 0.215. The standard InChI is InChI=1S/C19H23FN2O4S/c1-4-21(5-2)19(23)14-22(16-8-6-15(20)7-9-16)27(24,25)18-12-10-17(26-3)11-13-18/h6-13H,4-5,14H2,1-3H3. The second kappa shape index (κ2) is 8.85. The second-order valence-corrected chi connectivity index (χ2v) is 7.59. The molecule has 6 nitrogen and oxygen atoms in total. The van der Waals surface area contributed by atoms with Crippen LogP contribution in [0.2, 0.25) is 0 Å². The SMILES string of the molecule is CCN(CC)C(=O)CN(c1ccc(F)cc1)S(=O)(=O)c1ccc(OC)cc1. The molecule has 2 aromatic carbocycles. The molecule has 0 saturated carbocycles. The number of hydrogen-bond donors (Lipinski definition) is 0. The van der Waals surface area contributed by atoms with Gasteiger partial charge in [0.2, 0.25) is 5.91 Å². The van der Waals surface area contributed by atoms with E-state index in [1.807, 2.05) is 13.8 Å². The van der Waals surface area contributed by atoms with Gasteiger partial charge in [0.25, 0.3) is 10.0 Å². The van der Waals surface area contributed by atoms with E-state index in [1.165, 1.54) is 43.5 Å². The lowest BCUT2D eigenvalue weighted by atomic mass is 10.3. The second-order valence-electron chi connectivity index (χ2n) is 5.73. The molecule has 0 saturated heterocycles. The zero-order chi connectivity index (χ0) is 20.0. The predicted octanol–water partition coefficient (Wildman–Crippen LogP) is 2.90. The summed E-state index contributed by atoms with van der Waals surface area (Å²) in [6, 6.07) is 10.9. The fourth-order valence-corrected chi connectivity index (χ4v) is 4.01. The zero-order valence-corrected chi connectivity index (χ0v) is 16.4. The van der Waals surface area contributed by atoms with Crippen LogP contribution in [0.5, 0.6) is 5.75 Å². The average molecular weight is 394 g/mol. The summed E-state index contributed by atoms with van der Waals surface area (Å²) in [6.45, 7) is 4.20. The van der Waals surface area contributed by atoms with E-state index in [-0.39, 0.29) is 23.0 Å². The minimum Gasteiger partial charge on any atom is -0.497 e. The molecule has 0 atom stereocenters. The number of halogens is 1. The van der Waals surface area contributed by atoms with E-state index in [9.17, 15) is 17.6 Å². The number of sulfonamides is 1. The number of nitrogens with zero attached hydrogens (tertiary/aromatic N) is 2. The normalized spacial score (nSPS) is 11.1. The summed E-state index contributed by atoms with van der Waals surface area (Å²) >= 11 is 0. The Labute approximate surface area is 159 Å². The number of carbonyl (C=O) groups excluding carboxylic acids is 1. The lowest BCUT2D eigenvalue weighted by Gasteiger charge is -2.27. The van der Waals surface area contributed by atoms with E-state index in [1.54, 1.807) is 4.90 Å². The first kappa shape index (κ1) is 20.7. The monoisotopic (exact) mass is 394 g/mol. The molecule has 0 spiro atoms. The van der Waals surface area contributed by atoms with Gasteiger partial charge in [-0.05, 0) is 62.4 Å². The van der Waals surface area contributed by atoms with Crippen molar-refractivity contribution >= 4 is 21.6 Å². The number of benzene rings is 2. The quantitative estimate of drug-likeness (QED) is 0.691. The fourth-order valence-electron chi connectivity index (χ4n) is 2.60. The Morgan fingerprint density at radius 1 is 1.00 bits per heavy atom. The maximum absolute atomic E-state index is 13.3. The molecule has 0 radical (unpaired) electrons. The number of carbonyl (C=O) groups is 1. The van der Waals surface area contributed by atoms with Gasteiger partial charge in [-0.3, -0.25) is 9.10 Å². The van der Waals surface area contributed by atoms with Gasteiger partial charge in [-0.1, -0.05) is 0 Å². The minimum absolute atomic E-state index is 0.0139. The summed E-state index contributed by atoms with van der Waals surface area (Å²) < 4.78 is 45.7. The first-order valence-electron chi connectivity index (χ1n) is 8.53. The first-order valence-corrected chi connectivity index (χ1v) is 9.97. The van der Waals surface area contributed by atoms with E-state index in [0.29, 0.717) is 18.8 Å². The van der Waals surface area contributed by atoms with Crippen molar-refractivity contribution in [2.24, 2.45) is 0 Å². The lowest BCUT2D eigenvalue weighted by molar-refractivity contribution is -0.129. The van der Waals surface area contributed by atoms with E-state index in [2.05, 4.69) is 0 Å². The topological polar surface area (TPSA) is 66.9 Å². The number of ether oxygens (including phenoxy) is 1. The van der Waals surface area contributed by atoms with Gasteiger partial charge in [0.15, 0.2) is 0 Å². The average Bonchev–Trinajstić information content (AvgIpc) is 2.68. The van der Waals surface area contributed by atoms with E-state index in [0.717, 1.165) is 16.4 Å². The molecule has 2 aromatic rings. The molecule has 2 rings (SSSR count). The number of rotatable bonds is 8. The summed E-state index contributed by atoms with van der Waals surface area (Å²) in [7, 11) is -2.55. The van der Waals surface area contributed by atoms with Crippen molar-refractivity contribution in [2.75, 3.05) is 31.0 Å². The van der Waals surface area contributed by atoms with Crippen molar-refractivity contribution in [2.45, 2.75) is 18.7 Å². The highest BCUT2D eigenvalue weighted by atomic mass is 32.2. The van der Waals surface area contributed by atoms with Crippen LogP contribution in [0.25, 0.3) is 0 Å². The van der Waals surface area contributed by atoms with Crippen molar-refractivity contribution in [3.63, 3.8) is 0 Å². The van der Waals surface area contributed by atoms with Gasteiger partial charge < -0.3 is 9.64 Å². The molecule has 0 N–H and O–H groups in total. The van der Waals surface area contributed by atoms with Crippen LogP contribution in [0.15, 0.2) is 53.4 Å². The number of methoxy groups -OCH3 is 1. The Balaban J connectivity index is 2.46. The Morgan fingerprint density at radius 3 is 2.04 bits per heavy atom. The Bertz CT molecular complexity index is 864. The molecule has 8 heteroatoms. The van der Waals surface area contributed by atoms with Crippen molar-refractivity contribution < 1.29 is 22.3 Å². The number of likely N-dealkylation sites (N-methyl/N-ethyl adjacent to an activating group) is 1. The highest BCUT2D eigenvalue weighted by Gasteiger charge is 2.28. The Morgan fingerprint density at radius 2 is 1.56 bits per heavy atom. The molecule has 0 aliphatic heterocycles. The van der Waals surface area contributed by atoms with Crippen LogP contribution in [0, 0.1) is 5.82 Å². The fraction of sp³-hybridized carbons (Fsp3) is 0.316. The smallest absolute Gasteiger partial charge is 0.264 e. The molecule has 0 bridgehead atoms. The van der Waals surface area contributed by atoms with Crippen LogP contribution >= 0.6 is 0 Å². The minimum atomic E-state index is -4.03. The predicted molar refractivity (Wildman–Crippen MR) is 102 cm³/mol. The number of hydrogen-bond acceptors (Lipinski definition) is 4. The first-order chi connectivity index (χ1) is 12.8. The molecule has 0 unspecified atom stereocenters. The molecule has 0 aromatic heterocycles. The zero-order valence-electron chi connectivity index (χ0n) is 15.6. The van der Waals surface area contributed by atoms with Crippen LogP contribution in [-0.2, 0) is 14.8 Å². The van der Waals surface area contributed by atoms with Crippen LogP contribution in [0.3, 0.4) is 0 Å². The van der Waals surface area contributed by atoms with E-state index < -0.39 is 15.8 Å². The molecular formula is C19H23FN2O4S. The van der Waals surface area contributed by atoms with Gasteiger partial charge in [0, 0.05) is 13.1 Å². The van der Waals surface area contributed by atoms with Gasteiger partial charge >= 0.3 is 0 Å². The van der Waals surface area contributed by atoms with Gasteiger partial charge in [0.1, 0.15) is 18.1 Å². The van der Waals surface area contributed by atoms with Crippen molar-refractivity contribution in [3.05, 3.63) is 54.3 Å². The van der Waals surface area contributed by atoms with Gasteiger partial charge in [-0.25, -0.2) is 12.8 Å². The summed E-state index contributed by atoms with van der Waals surface area (Å²) in [6.07, 6.45) is 0. The molecule has 1 amide bonds. The number of anilines is 1. The summed E-state index contributed by atoms with van der Waals surface area (Å²) in [5.74, 6) is -0.307. The summed E-state index contributed by atoms with van der Waals surface area (Å²) in [5, 5.41) is 0. The molecule has 0 aliphatic carbocycles. The third-order valence-corrected chi connectivity index (χ3v) is 5.95. The van der Waals surface area contributed by atoms with Crippen molar-refractivity contribution in [3.8, 4) is 5.75 Å². The largest absolute Gasteiger partial charge is 0.497 e. The van der Waals surface area contributed by atoms with Gasteiger partial charge in [-0.2, -0.15) is 0 Å². The number of amides is 1. The third kappa shape index (κ3) is 4.77. The molecule has 146 valence electrons. The maximum Gasteiger partial charge on any atom is 0.264 e. The third-order valence-electron chi connectivity index (χ3n) is 4.16. The highest BCUT2D eigenvalue weighted by molar-refractivity contribution is 7.92. The molecular weight excluding hydrogens is 371 g/mol. The van der Waals surface area contributed by atoms with Crippen LogP contribution in [0.4, 0.5) is 10.1 Å². The molecule has 27 heavy (non-hydrogen) atoms. The van der Waals surface area contributed by atoms with E-state index >= 15 is 0 Å². The lowest BCUT2D eigenvalue weighted by Crippen LogP contribution is -2.43. The molecule has 0 fully saturated rings. The summed E-state index contributed by atoms with van der Waals surface area (Å²) in [4.78, 5) is 14.1. The maximum atomic E-state index is 13.3. The van der Waals surface area contributed by atoms with Crippen LogP contribution in [-0.4, -0.2) is 46.0 Å². The van der Waals surface area contributed by atoms with Crippen molar-refractivity contribution in [1.82, 2.24) is 4.90 Å². The molecule has 0 aliphatic rings. The van der Waals surface area contributed by atoms with Crippen molar-refractivity contribution in [1.29, 1.82) is 0 Å². The Hall–Kier alpha value is -2.61. The Kier molecular flexibility index (Phi) is 6.79. The van der Waals surface area contributed by atoms with Gasteiger partial charge in [0.05, 0.1) is 17.7 Å². The molecule has 0 heterocycles. The van der Waals surface area contributed by atoms with Gasteiger partial charge in [-0.15, -0.1) is 0 Å².